The largest absolute Gasteiger partial charge is 0.497 e. The van der Waals surface area contributed by atoms with E-state index in [9.17, 15) is 9.59 Å². The maximum atomic E-state index is 13.1. The van der Waals surface area contributed by atoms with E-state index in [0.717, 1.165) is 16.8 Å². The number of esters is 2. The van der Waals surface area contributed by atoms with Gasteiger partial charge in [-0.1, -0.05) is 60.7 Å². The number of benzene rings is 3. The molecule has 4 unspecified atom stereocenters. The van der Waals surface area contributed by atoms with E-state index in [2.05, 4.69) is 0 Å². The quantitative estimate of drug-likeness (QED) is 0.488. The third kappa shape index (κ3) is 3.54. The zero-order valence-corrected chi connectivity index (χ0v) is 19.8. The predicted molar refractivity (Wildman–Crippen MR) is 128 cm³/mol. The molecule has 35 heavy (non-hydrogen) atoms. The van der Waals surface area contributed by atoms with Gasteiger partial charge in [0.25, 0.3) is 0 Å². The van der Waals surface area contributed by atoms with Gasteiger partial charge in [-0.05, 0) is 35.4 Å². The molecule has 0 N–H and O–H groups in total. The van der Waals surface area contributed by atoms with Crippen LogP contribution < -0.4 is 9.80 Å². The Bertz CT molecular complexity index is 1180. The first-order chi connectivity index (χ1) is 17.1. The van der Waals surface area contributed by atoms with Crippen LogP contribution in [0.3, 0.4) is 0 Å². The first kappa shape index (κ1) is 22.9. The molecule has 3 aromatic carbocycles. The predicted octanol–water partition coefficient (Wildman–Crippen LogP) is 4.51. The molecule has 2 aliphatic rings. The van der Waals surface area contributed by atoms with Crippen molar-refractivity contribution in [1.82, 2.24) is 0 Å². The van der Waals surface area contributed by atoms with Crippen LogP contribution in [0.25, 0.3) is 0 Å². The van der Waals surface area contributed by atoms with E-state index in [4.69, 9.17) is 19.0 Å². The summed E-state index contributed by atoms with van der Waals surface area (Å²) in [6.45, 7) is 0. The summed E-state index contributed by atoms with van der Waals surface area (Å²) in [5.74, 6) is -1.70. The van der Waals surface area contributed by atoms with Crippen LogP contribution in [0.15, 0.2) is 84.9 Å². The van der Waals surface area contributed by atoms with Crippen molar-refractivity contribution in [3.05, 3.63) is 96.1 Å². The highest BCUT2D eigenvalue weighted by Crippen LogP contribution is 2.77. The highest BCUT2D eigenvalue weighted by Gasteiger charge is 2.83. The van der Waals surface area contributed by atoms with Crippen molar-refractivity contribution in [1.29, 1.82) is 0 Å². The summed E-state index contributed by atoms with van der Waals surface area (Å²) in [5, 5.41) is 1.82. The molecule has 4 atom stereocenters. The summed E-state index contributed by atoms with van der Waals surface area (Å²) >= 11 is 0. The molecule has 180 valence electrons. The van der Waals surface area contributed by atoms with Crippen molar-refractivity contribution < 1.29 is 28.6 Å². The van der Waals surface area contributed by atoms with E-state index < -0.39 is 41.3 Å². The van der Waals surface area contributed by atoms with Crippen molar-refractivity contribution in [2.24, 2.45) is 17.3 Å². The molecule has 1 aliphatic heterocycles. The molecule has 1 saturated carbocycles. The molecule has 2 fully saturated rings. The Labute approximate surface area is 204 Å². The second-order valence-corrected chi connectivity index (χ2v) is 8.73. The van der Waals surface area contributed by atoms with E-state index in [-0.39, 0.29) is 0 Å². The van der Waals surface area contributed by atoms with Crippen molar-refractivity contribution in [2.75, 3.05) is 26.4 Å². The normalized spacial score (nSPS) is 26.9. The third-order valence-corrected chi connectivity index (χ3v) is 7.14. The lowest BCUT2D eigenvalue weighted by molar-refractivity contribution is -0.148. The molecule has 3 aromatic rings. The summed E-state index contributed by atoms with van der Waals surface area (Å²) in [6.07, 6.45) is -0.593. The molecule has 7 heteroatoms. The lowest BCUT2D eigenvalue weighted by Gasteiger charge is -2.28. The minimum Gasteiger partial charge on any atom is -0.497 e. The number of hydrogen-bond donors (Lipinski definition) is 0. The zero-order valence-electron chi connectivity index (χ0n) is 19.8. The fraction of sp³-hybridized carbons (Fsp3) is 0.286. The number of para-hydroxylation sites is 1. The average molecular weight is 474 g/mol. The number of carbonyl (C=O) groups excluding carboxylic acids is 2. The first-order valence-corrected chi connectivity index (χ1v) is 11.4. The van der Waals surface area contributed by atoms with E-state index in [1.807, 2.05) is 90.0 Å². The van der Waals surface area contributed by atoms with Gasteiger partial charge in [0.2, 0.25) is 0 Å². The number of carbonyl (C=O) groups is 2. The second kappa shape index (κ2) is 9.07. The zero-order chi connectivity index (χ0) is 24.6. The number of ether oxygens (including phenoxy) is 3. The number of hydroxylamine groups is 1. The number of hydrogen-bond acceptors (Lipinski definition) is 7. The second-order valence-electron chi connectivity index (χ2n) is 8.73. The lowest BCUT2D eigenvalue weighted by Crippen LogP contribution is -2.28. The maximum absolute atomic E-state index is 13.1. The van der Waals surface area contributed by atoms with Crippen LogP contribution in [0, 0.1) is 17.3 Å². The molecule has 0 amide bonds. The Morgan fingerprint density at radius 1 is 0.743 bits per heavy atom. The number of methoxy groups -OCH3 is 3. The Kier molecular flexibility index (Phi) is 5.94. The van der Waals surface area contributed by atoms with E-state index in [1.165, 1.54) is 14.2 Å². The molecule has 0 radical (unpaired) electrons. The molecule has 0 bridgehead atoms. The Balaban J connectivity index is 1.75. The van der Waals surface area contributed by atoms with Crippen LogP contribution in [-0.4, -0.2) is 33.3 Å². The highest BCUT2D eigenvalue weighted by molar-refractivity contribution is 5.91. The standard InChI is InChI=1S/C28H27NO6/c1-32-21-16-14-18(15-17-21)24-28(22(26(30)33-2)23(28)27(31)34-3)25(19-10-6-4-7-11-19)35-29(24)20-12-8-5-9-13-20/h4-17,22-25H,1-3H3. The van der Waals surface area contributed by atoms with Gasteiger partial charge in [0, 0.05) is 0 Å². The molecule has 1 aliphatic carbocycles. The van der Waals surface area contributed by atoms with Crippen molar-refractivity contribution in [2.45, 2.75) is 12.1 Å². The fourth-order valence-corrected chi connectivity index (χ4v) is 5.61. The van der Waals surface area contributed by atoms with E-state index in [0.29, 0.717) is 5.75 Å². The van der Waals surface area contributed by atoms with Crippen molar-refractivity contribution in [3.63, 3.8) is 0 Å². The van der Waals surface area contributed by atoms with Crippen LogP contribution in [0.1, 0.15) is 23.3 Å². The van der Waals surface area contributed by atoms with Crippen LogP contribution in [0.5, 0.6) is 5.75 Å². The topological polar surface area (TPSA) is 74.3 Å². The van der Waals surface area contributed by atoms with Crippen molar-refractivity contribution in [3.8, 4) is 5.75 Å². The number of nitrogens with zero attached hydrogens (tertiary/aromatic N) is 1. The van der Waals surface area contributed by atoms with Gasteiger partial charge < -0.3 is 14.2 Å². The monoisotopic (exact) mass is 473 g/mol. The van der Waals surface area contributed by atoms with Gasteiger partial charge in [-0.3, -0.25) is 14.4 Å². The molecule has 1 saturated heterocycles. The Morgan fingerprint density at radius 3 is 1.80 bits per heavy atom. The number of rotatable bonds is 6. The number of anilines is 1. The SMILES string of the molecule is COC(=O)C1C(C(=O)OC)C12C(c1ccccc1)ON(c1ccccc1)C2c1ccc(OC)cc1. The molecule has 5 rings (SSSR count). The summed E-state index contributed by atoms with van der Waals surface area (Å²) in [7, 11) is 4.29. The minimum atomic E-state index is -0.952. The van der Waals surface area contributed by atoms with Gasteiger partial charge in [-0.25, -0.2) is 5.06 Å². The van der Waals surface area contributed by atoms with Gasteiger partial charge in [0.05, 0.1) is 50.3 Å². The van der Waals surface area contributed by atoms with Crippen LogP contribution in [0.4, 0.5) is 5.69 Å². The van der Waals surface area contributed by atoms with Gasteiger partial charge in [-0.15, -0.1) is 0 Å². The first-order valence-electron chi connectivity index (χ1n) is 11.4. The van der Waals surface area contributed by atoms with Gasteiger partial charge in [0.1, 0.15) is 11.9 Å². The molecule has 7 nitrogen and oxygen atoms in total. The molecular formula is C28H27NO6. The summed E-state index contributed by atoms with van der Waals surface area (Å²) in [5.41, 5.74) is 1.61. The van der Waals surface area contributed by atoms with Gasteiger partial charge >= 0.3 is 11.9 Å². The summed E-state index contributed by atoms with van der Waals surface area (Å²) in [6, 6.07) is 26.5. The summed E-state index contributed by atoms with van der Waals surface area (Å²) < 4.78 is 15.7. The minimum absolute atomic E-state index is 0.460. The van der Waals surface area contributed by atoms with Gasteiger partial charge in [0.15, 0.2) is 0 Å². The smallest absolute Gasteiger partial charge is 0.310 e. The molecule has 1 spiro atoms. The Morgan fingerprint density at radius 2 is 1.29 bits per heavy atom. The average Bonchev–Trinajstić information content (AvgIpc) is 3.48. The molecule has 0 aromatic heterocycles. The van der Waals surface area contributed by atoms with Crippen LogP contribution in [0.2, 0.25) is 0 Å². The van der Waals surface area contributed by atoms with E-state index >= 15 is 0 Å². The van der Waals surface area contributed by atoms with E-state index in [1.54, 1.807) is 7.11 Å². The highest BCUT2D eigenvalue weighted by atomic mass is 16.7. The van der Waals surface area contributed by atoms with Crippen molar-refractivity contribution >= 4 is 17.6 Å². The maximum Gasteiger partial charge on any atom is 0.310 e. The molecular weight excluding hydrogens is 446 g/mol. The lowest BCUT2D eigenvalue weighted by atomic mass is 9.79. The van der Waals surface area contributed by atoms with Crippen LogP contribution >= 0.6 is 0 Å². The third-order valence-electron chi connectivity index (χ3n) is 7.14. The van der Waals surface area contributed by atoms with Crippen LogP contribution in [-0.2, 0) is 23.9 Å². The Hall–Kier alpha value is -3.84. The fourth-order valence-electron chi connectivity index (χ4n) is 5.61. The summed E-state index contributed by atoms with van der Waals surface area (Å²) in [4.78, 5) is 32.9. The molecule has 1 heterocycles. The van der Waals surface area contributed by atoms with Gasteiger partial charge in [-0.2, -0.15) is 0 Å².